The number of nitrogens with two attached hydrogens (primary N) is 1. The number of carbonyl (C=O) groups excluding carboxylic acids is 1. The predicted molar refractivity (Wildman–Crippen MR) is 189 cm³/mol. The number of esters is 1. The molecule has 3 aromatic carbocycles. The van der Waals surface area contributed by atoms with Crippen molar-refractivity contribution in [2.75, 3.05) is 46.0 Å². The van der Waals surface area contributed by atoms with Gasteiger partial charge in [-0.2, -0.15) is 0 Å². The number of methoxy groups -OCH3 is 1. The lowest BCUT2D eigenvalue weighted by Gasteiger charge is -2.48. The molecule has 17 heteroatoms. The third-order valence-corrected chi connectivity index (χ3v) is 8.97. The van der Waals surface area contributed by atoms with E-state index >= 15 is 0 Å². The van der Waals surface area contributed by atoms with Crippen molar-refractivity contribution in [3.8, 4) is 28.7 Å². The van der Waals surface area contributed by atoms with Crippen molar-refractivity contribution in [1.82, 2.24) is 5.32 Å². The number of carboxylic acid groups (broad SMARTS) is 1. The van der Waals surface area contributed by atoms with Gasteiger partial charge in [0.1, 0.15) is 30.5 Å². The highest BCUT2D eigenvalue weighted by Crippen LogP contribution is 2.45. The monoisotopic (exact) mass is 740 g/mol. The van der Waals surface area contributed by atoms with Crippen molar-refractivity contribution in [3.05, 3.63) is 70.8 Å². The average molecular weight is 741 g/mol. The molecule has 286 valence electrons. The number of aromatic hydroxyl groups is 1. The maximum absolute atomic E-state index is 13.5. The number of guanidine groups is 1. The van der Waals surface area contributed by atoms with E-state index in [1.54, 1.807) is 6.92 Å². The van der Waals surface area contributed by atoms with Crippen LogP contribution in [0.25, 0.3) is 0 Å². The first-order chi connectivity index (χ1) is 25.4. The van der Waals surface area contributed by atoms with Gasteiger partial charge >= 0.3 is 11.9 Å². The van der Waals surface area contributed by atoms with Gasteiger partial charge in [0.25, 0.3) is 0 Å². The second-order valence-electron chi connectivity index (χ2n) is 12.3. The van der Waals surface area contributed by atoms with E-state index < -0.39 is 48.7 Å². The molecule has 5 rings (SSSR count). The van der Waals surface area contributed by atoms with Gasteiger partial charge in [0.2, 0.25) is 12.0 Å². The number of phenolic OH excluding ortho intramolecular Hbond substituents is 1. The molecule has 9 N–H and O–H groups in total. The van der Waals surface area contributed by atoms with E-state index in [1.165, 1.54) is 32.4 Å². The molecule has 2 aliphatic heterocycles. The molecule has 1 fully saturated rings. The summed E-state index contributed by atoms with van der Waals surface area (Å²) in [7, 11) is 2.76. The average Bonchev–Trinajstić information content (AvgIpc) is 3.15. The Hall–Kier alpha value is -5.49. The number of hydrogen-bond donors (Lipinski definition) is 8. The number of aliphatic hydroxyl groups excluding tert-OH is 3. The molecule has 1 saturated heterocycles. The molecule has 0 radical (unpaired) electrons. The molecule has 2 heterocycles. The Labute approximate surface area is 304 Å². The highest BCUT2D eigenvalue weighted by molar-refractivity contribution is 5.95. The molecule has 17 nitrogen and oxygen atoms in total. The quantitative estimate of drug-likeness (QED) is 0.0533. The lowest BCUT2D eigenvalue weighted by Crippen LogP contribution is -2.67. The number of ether oxygens (including phenoxy) is 6. The number of nitrogens with one attached hydrogen (secondary N) is 2. The normalized spacial score (nSPS) is 22.8. The molecule has 0 unspecified atom stereocenters. The number of rotatable bonds is 13. The molecule has 0 aliphatic carbocycles. The molecule has 3 aromatic rings. The number of aliphatic hydroxyl groups is 3. The van der Waals surface area contributed by atoms with Crippen LogP contribution in [0.3, 0.4) is 0 Å². The Morgan fingerprint density at radius 3 is 2.51 bits per heavy atom. The molecule has 0 bridgehead atoms. The molecule has 0 amide bonds. The van der Waals surface area contributed by atoms with Gasteiger partial charge in [-0.3, -0.25) is 4.99 Å². The Kier molecular flexibility index (Phi) is 12.3. The maximum Gasteiger partial charge on any atom is 0.338 e. The zero-order valence-corrected chi connectivity index (χ0v) is 29.4. The topological polar surface area (TPSA) is 253 Å². The first kappa shape index (κ1) is 38.7. The summed E-state index contributed by atoms with van der Waals surface area (Å²) in [4.78, 5) is 29.4. The smallest absolute Gasteiger partial charge is 0.338 e. The summed E-state index contributed by atoms with van der Waals surface area (Å²) in [6.07, 6.45) is -6.80. The minimum Gasteiger partial charge on any atom is -0.502 e. The Morgan fingerprint density at radius 2 is 1.83 bits per heavy atom. The summed E-state index contributed by atoms with van der Waals surface area (Å²) in [6, 6.07) is 13.4. The SMILES string of the molecule is CCNc1cc(O[C@H]2O[C@@]3(CCc4c(cc(OCCc5ccccc5)c(O)c4OC)C(=O)OC3)[C@@H](O)[C@H](O)[C@H]2O)c(OCNC(N)=NC)cc1C(=O)O. The van der Waals surface area contributed by atoms with Crippen molar-refractivity contribution in [2.24, 2.45) is 10.7 Å². The lowest BCUT2D eigenvalue weighted by molar-refractivity contribution is -0.320. The van der Waals surface area contributed by atoms with Gasteiger partial charge in [-0.15, -0.1) is 0 Å². The highest BCUT2D eigenvalue weighted by Gasteiger charge is 2.56. The molecule has 0 saturated carbocycles. The molecule has 53 heavy (non-hydrogen) atoms. The van der Waals surface area contributed by atoms with Crippen LogP contribution < -0.4 is 35.3 Å². The summed E-state index contributed by atoms with van der Waals surface area (Å²) < 4.78 is 35.0. The standard InChI is InChI=1S/C36H44N4O13/c1-4-39-23-16-25(24(15-22(23)32(45)46)51-18-40-35(37)38-2)52-34-29(43)28(42)31(44)36(53-34)12-10-20-21(33(47)50-17-36)14-26(27(41)30(20)48-3)49-13-11-19-8-6-5-7-9-19/h5-9,14-16,28-29,31,34,39,41-44H,4,10-13,17-18H2,1-3H3,(H,45,46)(H3,37,38,40)/t28-,29-,31+,34+,36-/m1/s1. The molecular formula is C36H44N4O13. The van der Waals surface area contributed by atoms with E-state index in [0.717, 1.165) is 5.56 Å². The third kappa shape index (κ3) is 8.44. The number of carbonyl (C=O) groups is 2. The minimum atomic E-state index is -1.86. The fraction of sp³-hybridized carbons (Fsp3) is 0.417. The first-order valence-corrected chi connectivity index (χ1v) is 16.8. The number of fused-ring (bicyclic) bond motifs is 1. The largest absolute Gasteiger partial charge is 0.502 e. The number of aliphatic imine (C=N–C) groups is 1. The minimum absolute atomic E-state index is 0.00784. The second-order valence-corrected chi connectivity index (χ2v) is 12.3. The van der Waals surface area contributed by atoms with E-state index in [2.05, 4.69) is 15.6 Å². The van der Waals surface area contributed by atoms with Crippen LogP contribution in [0.15, 0.2) is 53.5 Å². The summed E-state index contributed by atoms with van der Waals surface area (Å²) in [6.45, 7) is 1.45. The maximum atomic E-state index is 13.5. The fourth-order valence-corrected chi connectivity index (χ4v) is 6.14. The van der Waals surface area contributed by atoms with E-state index in [9.17, 15) is 35.1 Å². The van der Waals surface area contributed by atoms with Crippen LogP contribution in [0.1, 0.15) is 45.2 Å². The van der Waals surface area contributed by atoms with Crippen molar-refractivity contribution in [1.29, 1.82) is 0 Å². The van der Waals surface area contributed by atoms with Gasteiger partial charge in [-0.1, -0.05) is 30.3 Å². The molecule has 1 spiro atoms. The van der Waals surface area contributed by atoms with Gasteiger partial charge in [-0.05, 0) is 31.4 Å². The summed E-state index contributed by atoms with van der Waals surface area (Å²) in [5.74, 6) is -2.69. The number of phenols is 1. The van der Waals surface area contributed by atoms with Gasteiger partial charge in [0.15, 0.2) is 35.7 Å². The van der Waals surface area contributed by atoms with Crippen molar-refractivity contribution in [2.45, 2.75) is 56.4 Å². The first-order valence-electron chi connectivity index (χ1n) is 16.8. The van der Waals surface area contributed by atoms with Crippen LogP contribution in [0, 0.1) is 0 Å². The number of hydrogen-bond acceptors (Lipinski definition) is 14. The van der Waals surface area contributed by atoms with E-state index in [1.807, 2.05) is 30.3 Å². The summed E-state index contributed by atoms with van der Waals surface area (Å²) >= 11 is 0. The summed E-state index contributed by atoms with van der Waals surface area (Å²) in [5, 5.41) is 60.1. The number of aromatic carboxylic acids is 1. The number of benzene rings is 3. The van der Waals surface area contributed by atoms with E-state index in [-0.39, 0.29) is 83.3 Å². The molecule has 2 aliphatic rings. The number of anilines is 1. The van der Waals surface area contributed by atoms with E-state index in [0.29, 0.717) is 13.0 Å². The summed E-state index contributed by atoms with van der Waals surface area (Å²) in [5.41, 5.74) is 5.13. The van der Waals surface area contributed by atoms with Gasteiger partial charge in [0.05, 0.1) is 30.5 Å². The molecule has 0 aromatic heterocycles. The van der Waals surface area contributed by atoms with Crippen molar-refractivity contribution >= 4 is 23.6 Å². The Balaban J connectivity index is 1.43. The van der Waals surface area contributed by atoms with Gasteiger partial charge in [0, 0.05) is 37.7 Å². The van der Waals surface area contributed by atoms with Crippen LogP contribution in [0.4, 0.5) is 5.69 Å². The predicted octanol–water partition coefficient (Wildman–Crippen LogP) is 1.38. The van der Waals surface area contributed by atoms with Crippen LogP contribution in [0.2, 0.25) is 0 Å². The zero-order valence-electron chi connectivity index (χ0n) is 29.4. The van der Waals surface area contributed by atoms with Gasteiger partial charge in [-0.25, -0.2) is 9.59 Å². The van der Waals surface area contributed by atoms with Crippen LogP contribution in [-0.2, 0) is 22.3 Å². The third-order valence-electron chi connectivity index (χ3n) is 8.97. The van der Waals surface area contributed by atoms with Gasteiger partial charge < -0.3 is 70.3 Å². The molecular weight excluding hydrogens is 696 g/mol. The number of nitrogens with zero attached hydrogens (tertiary/aromatic N) is 1. The van der Waals surface area contributed by atoms with Crippen LogP contribution >= 0.6 is 0 Å². The zero-order chi connectivity index (χ0) is 38.3. The lowest BCUT2D eigenvalue weighted by atomic mass is 9.81. The van der Waals surface area contributed by atoms with Crippen LogP contribution in [-0.4, -0.2) is 114 Å². The van der Waals surface area contributed by atoms with Crippen molar-refractivity contribution < 1.29 is 63.5 Å². The number of carboxylic acids is 1. The number of cyclic esters (lactones) is 1. The molecule has 5 atom stereocenters. The van der Waals surface area contributed by atoms with Crippen LogP contribution in [0.5, 0.6) is 28.7 Å². The van der Waals surface area contributed by atoms with E-state index in [4.69, 9.17) is 34.2 Å². The van der Waals surface area contributed by atoms with Crippen molar-refractivity contribution in [3.63, 3.8) is 0 Å². The Bertz CT molecular complexity index is 1810. The Morgan fingerprint density at radius 1 is 1.08 bits per heavy atom. The highest BCUT2D eigenvalue weighted by atomic mass is 16.7. The fourth-order valence-electron chi connectivity index (χ4n) is 6.14. The second kappa shape index (κ2) is 16.9.